The maximum Gasteiger partial charge on any atom is 0.272 e. The molecule has 0 aromatic heterocycles. The van der Waals surface area contributed by atoms with Crippen molar-refractivity contribution < 1.29 is 4.92 Å². The van der Waals surface area contributed by atoms with Crippen molar-refractivity contribution in [3.63, 3.8) is 0 Å². The van der Waals surface area contributed by atoms with Crippen LogP contribution in [-0.4, -0.2) is 23.6 Å². The van der Waals surface area contributed by atoms with Gasteiger partial charge in [-0.05, 0) is 57.2 Å². The second kappa shape index (κ2) is 6.02. The topological polar surface area (TPSA) is 67.2 Å². The molecule has 0 bridgehead atoms. The number of rotatable bonds is 4. The molecule has 0 spiro atoms. The van der Waals surface area contributed by atoms with E-state index in [4.69, 9.17) is 0 Å². The molecule has 1 aromatic rings. The molecule has 0 amide bonds. The van der Waals surface area contributed by atoms with E-state index in [2.05, 4.69) is 10.6 Å². The van der Waals surface area contributed by atoms with Gasteiger partial charge in [0.15, 0.2) is 0 Å². The van der Waals surface area contributed by atoms with Gasteiger partial charge in [-0.25, -0.2) is 0 Å². The minimum atomic E-state index is -0.320. The third kappa shape index (κ3) is 3.02. The molecule has 3 atom stereocenters. The summed E-state index contributed by atoms with van der Waals surface area (Å²) >= 11 is 0. The SMILES string of the molecule is Cc1cc(NC2CCCC2C2CCCN2)ccc1[N+](=O)[O-]. The van der Waals surface area contributed by atoms with E-state index in [9.17, 15) is 10.1 Å². The highest BCUT2D eigenvalue weighted by Crippen LogP contribution is 2.34. The summed E-state index contributed by atoms with van der Waals surface area (Å²) in [7, 11) is 0. The Kier molecular flexibility index (Phi) is 4.10. The fraction of sp³-hybridized carbons (Fsp3) is 0.625. The lowest BCUT2D eigenvalue weighted by Gasteiger charge is -2.27. The van der Waals surface area contributed by atoms with Gasteiger partial charge < -0.3 is 10.6 Å². The lowest BCUT2D eigenvalue weighted by Crippen LogP contribution is -2.38. The molecule has 3 rings (SSSR count). The van der Waals surface area contributed by atoms with Crippen LogP contribution >= 0.6 is 0 Å². The Labute approximate surface area is 125 Å². The standard InChI is InChI=1S/C16H23N3O2/c1-11-10-12(7-8-16(11)19(20)21)18-15-5-2-4-13(15)14-6-3-9-17-14/h7-8,10,13-15,17-18H,2-6,9H2,1H3. The molecule has 1 saturated heterocycles. The molecule has 1 saturated carbocycles. The van der Waals surface area contributed by atoms with Gasteiger partial charge in [-0.1, -0.05) is 6.42 Å². The highest BCUT2D eigenvalue weighted by Gasteiger charge is 2.34. The predicted molar refractivity (Wildman–Crippen MR) is 83.6 cm³/mol. The molecule has 2 N–H and O–H groups in total. The third-order valence-electron chi connectivity index (χ3n) is 4.93. The van der Waals surface area contributed by atoms with E-state index in [1.165, 1.54) is 32.1 Å². The van der Waals surface area contributed by atoms with Crippen LogP contribution in [-0.2, 0) is 0 Å². The van der Waals surface area contributed by atoms with Gasteiger partial charge in [0, 0.05) is 29.4 Å². The van der Waals surface area contributed by atoms with E-state index < -0.39 is 0 Å². The highest BCUT2D eigenvalue weighted by atomic mass is 16.6. The Balaban J connectivity index is 1.70. The first kappa shape index (κ1) is 14.3. The molecular formula is C16H23N3O2. The lowest BCUT2D eigenvalue weighted by atomic mass is 9.93. The molecule has 2 aliphatic rings. The maximum absolute atomic E-state index is 10.9. The molecule has 3 unspecified atom stereocenters. The molecule has 2 fully saturated rings. The fourth-order valence-electron chi connectivity index (χ4n) is 3.89. The van der Waals surface area contributed by atoms with Gasteiger partial charge in [0.1, 0.15) is 0 Å². The summed E-state index contributed by atoms with van der Waals surface area (Å²) in [6, 6.07) is 6.47. The number of aryl methyl sites for hydroxylation is 1. The number of anilines is 1. The van der Waals surface area contributed by atoms with Crippen LogP contribution in [0.1, 0.15) is 37.7 Å². The number of nitrogens with one attached hydrogen (secondary N) is 2. The van der Waals surface area contributed by atoms with Gasteiger partial charge >= 0.3 is 0 Å². The summed E-state index contributed by atoms with van der Waals surface area (Å²) in [5.41, 5.74) is 1.92. The van der Waals surface area contributed by atoms with Crippen LogP contribution in [0.15, 0.2) is 18.2 Å². The monoisotopic (exact) mass is 289 g/mol. The van der Waals surface area contributed by atoms with Crippen molar-refractivity contribution in [3.8, 4) is 0 Å². The number of hydrogen-bond acceptors (Lipinski definition) is 4. The number of nitro benzene ring substituents is 1. The Bertz CT molecular complexity index is 526. The van der Waals surface area contributed by atoms with Crippen LogP contribution in [0, 0.1) is 23.0 Å². The first-order valence-electron chi connectivity index (χ1n) is 7.90. The van der Waals surface area contributed by atoms with Gasteiger partial charge in [-0.2, -0.15) is 0 Å². The molecule has 114 valence electrons. The normalized spacial score (nSPS) is 28.7. The fourth-order valence-corrected chi connectivity index (χ4v) is 3.89. The van der Waals surface area contributed by atoms with E-state index in [-0.39, 0.29) is 10.6 Å². The first-order chi connectivity index (χ1) is 10.1. The summed E-state index contributed by atoms with van der Waals surface area (Å²) in [6.45, 7) is 2.94. The molecule has 1 aliphatic carbocycles. The van der Waals surface area contributed by atoms with Crippen LogP contribution in [0.25, 0.3) is 0 Å². The van der Waals surface area contributed by atoms with Crippen molar-refractivity contribution in [1.82, 2.24) is 5.32 Å². The van der Waals surface area contributed by atoms with Crippen molar-refractivity contribution in [2.24, 2.45) is 5.92 Å². The highest BCUT2D eigenvalue weighted by molar-refractivity contribution is 5.54. The Morgan fingerprint density at radius 2 is 2.14 bits per heavy atom. The van der Waals surface area contributed by atoms with E-state index in [1.807, 2.05) is 12.1 Å². The molecular weight excluding hydrogens is 266 g/mol. The number of nitrogens with zero attached hydrogens (tertiary/aromatic N) is 1. The smallest absolute Gasteiger partial charge is 0.272 e. The molecule has 1 heterocycles. The average Bonchev–Trinajstić information content (AvgIpc) is 3.08. The van der Waals surface area contributed by atoms with Gasteiger partial charge in [0.25, 0.3) is 5.69 Å². The summed E-state index contributed by atoms with van der Waals surface area (Å²) in [5, 5.41) is 18.1. The second-order valence-corrected chi connectivity index (χ2v) is 6.31. The molecule has 5 heteroatoms. The number of benzene rings is 1. The number of nitro groups is 1. The lowest BCUT2D eigenvalue weighted by molar-refractivity contribution is -0.385. The van der Waals surface area contributed by atoms with E-state index in [0.29, 0.717) is 18.0 Å². The van der Waals surface area contributed by atoms with Gasteiger partial charge in [-0.3, -0.25) is 10.1 Å². The van der Waals surface area contributed by atoms with Crippen molar-refractivity contribution in [1.29, 1.82) is 0 Å². The van der Waals surface area contributed by atoms with Gasteiger partial charge in [0.05, 0.1) is 4.92 Å². The second-order valence-electron chi connectivity index (χ2n) is 6.31. The minimum absolute atomic E-state index is 0.195. The van der Waals surface area contributed by atoms with Crippen molar-refractivity contribution in [3.05, 3.63) is 33.9 Å². The quantitative estimate of drug-likeness (QED) is 0.659. The van der Waals surface area contributed by atoms with Gasteiger partial charge in [0.2, 0.25) is 0 Å². The van der Waals surface area contributed by atoms with Crippen LogP contribution in [0.5, 0.6) is 0 Å². The van der Waals surface area contributed by atoms with Crippen LogP contribution in [0.3, 0.4) is 0 Å². The van der Waals surface area contributed by atoms with E-state index in [0.717, 1.165) is 17.8 Å². The zero-order chi connectivity index (χ0) is 14.8. The Morgan fingerprint density at radius 3 is 2.81 bits per heavy atom. The molecule has 1 aliphatic heterocycles. The molecule has 1 aromatic carbocycles. The zero-order valence-corrected chi connectivity index (χ0v) is 12.5. The van der Waals surface area contributed by atoms with Crippen molar-refractivity contribution in [2.75, 3.05) is 11.9 Å². The minimum Gasteiger partial charge on any atom is -0.382 e. The van der Waals surface area contributed by atoms with Gasteiger partial charge in [-0.15, -0.1) is 0 Å². The van der Waals surface area contributed by atoms with E-state index >= 15 is 0 Å². The zero-order valence-electron chi connectivity index (χ0n) is 12.5. The third-order valence-corrected chi connectivity index (χ3v) is 4.93. The van der Waals surface area contributed by atoms with E-state index in [1.54, 1.807) is 13.0 Å². The average molecular weight is 289 g/mol. The summed E-state index contributed by atoms with van der Waals surface area (Å²) in [4.78, 5) is 10.6. The van der Waals surface area contributed by atoms with Crippen LogP contribution in [0.4, 0.5) is 11.4 Å². The maximum atomic E-state index is 10.9. The van der Waals surface area contributed by atoms with Crippen LogP contribution in [0.2, 0.25) is 0 Å². The summed E-state index contributed by atoms with van der Waals surface area (Å²) in [6.07, 6.45) is 6.30. The van der Waals surface area contributed by atoms with Crippen molar-refractivity contribution >= 4 is 11.4 Å². The molecule has 5 nitrogen and oxygen atoms in total. The summed E-state index contributed by atoms with van der Waals surface area (Å²) < 4.78 is 0. The number of hydrogen-bond donors (Lipinski definition) is 2. The van der Waals surface area contributed by atoms with Crippen LogP contribution < -0.4 is 10.6 Å². The summed E-state index contributed by atoms with van der Waals surface area (Å²) in [5.74, 6) is 0.683. The molecule has 0 radical (unpaired) electrons. The Hall–Kier alpha value is -1.62. The molecule has 21 heavy (non-hydrogen) atoms. The van der Waals surface area contributed by atoms with Crippen molar-refractivity contribution in [2.45, 2.75) is 51.1 Å². The largest absolute Gasteiger partial charge is 0.382 e. The first-order valence-corrected chi connectivity index (χ1v) is 7.90. The predicted octanol–water partition coefficient (Wildman–Crippen LogP) is 3.24. The Morgan fingerprint density at radius 1 is 1.29 bits per heavy atom.